The van der Waals surface area contributed by atoms with Crippen LogP contribution in [0.2, 0.25) is 0 Å². The molecule has 4 rings (SSSR count). The molecule has 0 saturated carbocycles. The second-order valence-electron chi connectivity index (χ2n) is 7.47. The van der Waals surface area contributed by atoms with E-state index < -0.39 is 0 Å². The van der Waals surface area contributed by atoms with E-state index in [9.17, 15) is 9.59 Å². The molecule has 1 aromatic carbocycles. The van der Waals surface area contributed by atoms with E-state index in [4.69, 9.17) is 4.74 Å². The van der Waals surface area contributed by atoms with Crippen LogP contribution in [0.15, 0.2) is 29.1 Å². The first-order valence-corrected chi connectivity index (χ1v) is 9.71. The minimum Gasteiger partial charge on any atom is -0.375 e. The van der Waals surface area contributed by atoms with Crippen LogP contribution in [0.3, 0.4) is 0 Å². The van der Waals surface area contributed by atoms with Gasteiger partial charge in [0.1, 0.15) is 12.4 Å². The molecule has 0 spiro atoms. The molecule has 1 unspecified atom stereocenters. The minimum atomic E-state index is -0.305. The zero-order chi connectivity index (χ0) is 20.4. The fraction of sp³-hybridized carbons (Fsp3) is 0.450. The number of piperidine rings is 1. The van der Waals surface area contributed by atoms with Crippen LogP contribution in [0.1, 0.15) is 35.7 Å². The number of nitrogens with one attached hydrogen (secondary N) is 1. The first-order chi connectivity index (χ1) is 14.0. The molecule has 152 valence electrons. The van der Waals surface area contributed by atoms with Crippen LogP contribution < -0.4 is 5.56 Å². The predicted octanol–water partition coefficient (Wildman–Crippen LogP) is 1.22. The van der Waals surface area contributed by atoms with E-state index in [0.717, 1.165) is 18.4 Å². The number of amides is 1. The summed E-state index contributed by atoms with van der Waals surface area (Å²) < 4.78 is 6.61. The van der Waals surface area contributed by atoms with Crippen molar-refractivity contribution in [2.75, 3.05) is 26.8 Å². The standard InChI is InChI=1S/C20H24N6O3/c1-13-5-7-14(8-6-13)10-26-19-17(23-24-26)20(28)22-18(21-19)15-4-3-9-25(11-15)16(27)12-29-2/h5-8,15H,3-4,9-12H2,1-2H3,(H,21,22,28). The van der Waals surface area contributed by atoms with Gasteiger partial charge < -0.3 is 14.6 Å². The van der Waals surface area contributed by atoms with Crippen LogP contribution in [0, 0.1) is 6.92 Å². The van der Waals surface area contributed by atoms with Crippen molar-refractivity contribution < 1.29 is 9.53 Å². The Hall–Kier alpha value is -3.07. The average Bonchev–Trinajstić information content (AvgIpc) is 3.13. The van der Waals surface area contributed by atoms with Gasteiger partial charge in [0, 0.05) is 26.1 Å². The topological polar surface area (TPSA) is 106 Å². The summed E-state index contributed by atoms with van der Waals surface area (Å²) in [5, 5.41) is 8.14. The number of hydrogen-bond donors (Lipinski definition) is 1. The Morgan fingerprint density at radius 1 is 1.31 bits per heavy atom. The van der Waals surface area contributed by atoms with Crippen molar-refractivity contribution in [1.29, 1.82) is 0 Å². The van der Waals surface area contributed by atoms with Gasteiger partial charge >= 0.3 is 0 Å². The average molecular weight is 396 g/mol. The number of carbonyl (C=O) groups is 1. The van der Waals surface area contributed by atoms with E-state index in [1.165, 1.54) is 12.7 Å². The predicted molar refractivity (Wildman–Crippen MR) is 107 cm³/mol. The Balaban J connectivity index is 1.63. The molecule has 0 aliphatic carbocycles. The molecule has 1 N–H and O–H groups in total. The number of benzene rings is 1. The molecule has 1 amide bonds. The lowest BCUT2D eigenvalue weighted by Gasteiger charge is -2.32. The highest BCUT2D eigenvalue weighted by atomic mass is 16.5. The fourth-order valence-electron chi connectivity index (χ4n) is 3.69. The largest absolute Gasteiger partial charge is 0.375 e. The van der Waals surface area contributed by atoms with Crippen LogP contribution in [0.25, 0.3) is 11.2 Å². The van der Waals surface area contributed by atoms with Crippen LogP contribution in [0.5, 0.6) is 0 Å². The summed E-state index contributed by atoms with van der Waals surface area (Å²) in [5.74, 6) is 0.487. The van der Waals surface area contributed by atoms with Crippen molar-refractivity contribution >= 4 is 17.1 Å². The van der Waals surface area contributed by atoms with Crippen molar-refractivity contribution in [2.45, 2.75) is 32.2 Å². The number of H-pyrrole nitrogens is 1. The number of likely N-dealkylation sites (tertiary alicyclic amines) is 1. The number of ether oxygens (including phenoxy) is 1. The third-order valence-electron chi connectivity index (χ3n) is 5.27. The van der Waals surface area contributed by atoms with Gasteiger partial charge in [-0.25, -0.2) is 9.67 Å². The number of aromatic amines is 1. The number of carbonyl (C=O) groups excluding carboxylic acids is 1. The molecular weight excluding hydrogens is 372 g/mol. The molecule has 29 heavy (non-hydrogen) atoms. The minimum absolute atomic E-state index is 0.0376. The number of methoxy groups -OCH3 is 1. The molecule has 3 heterocycles. The second-order valence-corrected chi connectivity index (χ2v) is 7.47. The number of rotatable bonds is 5. The third-order valence-corrected chi connectivity index (χ3v) is 5.27. The molecule has 2 aromatic heterocycles. The zero-order valence-corrected chi connectivity index (χ0v) is 16.6. The van der Waals surface area contributed by atoms with Gasteiger partial charge in [-0.05, 0) is 25.3 Å². The fourth-order valence-corrected chi connectivity index (χ4v) is 3.69. The molecule has 9 heteroatoms. The molecular formula is C20H24N6O3. The summed E-state index contributed by atoms with van der Waals surface area (Å²) in [6.07, 6.45) is 1.70. The molecule has 1 aliphatic heterocycles. The van der Waals surface area contributed by atoms with E-state index in [1.807, 2.05) is 31.2 Å². The number of aryl methyl sites for hydroxylation is 1. The Morgan fingerprint density at radius 2 is 2.10 bits per heavy atom. The van der Waals surface area contributed by atoms with Crippen LogP contribution in [-0.2, 0) is 16.1 Å². The molecule has 1 aliphatic rings. The van der Waals surface area contributed by atoms with Gasteiger partial charge in [0.2, 0.25) is 5.91 Å². The highest BCUT2D eigenvalue weighted by Gasteiger charge is 2.27. The van der Waals surface area contributed by atoms with Gasteiger partial charge in [-0.2, -0.15) is 0 Å². The smallest absolute Gasteiger partial charge is 0.281 e. The van der Waals surface area contributed by atoms with E-state index in [1.54, 1.807) is 9.58 Å². The Kier molecular flexibility index (Phi) is 5.39. The first kappa shape index (κ1) is 19.3. The third kappa shape index (κ3) is 4.04. The normalized spacial score (nSPS) is 17.0. The zero-order valence-electron chi connectivity index (χ0n) is 16.6. The summed E-state index contributed by atoms with van der Waals surface area (Å²) in [7, 11) is 1.51. The van der Waals surface area contributed by atoms with E-state index >= 15 is 0 Å². The van der Waals surface area contributed by atoms with E-state index in [0.29, 0.717) is 31.1 Å². The second kappa shape index (κ2) is 8.12. The van der Waals surface area contributed by atoms with E-state index in [2.05, 4.69) is 20.3 Å². The van der Waals surface area contributed by atoms with Gasteiger partial charge in [0.05, 0.1) is 6.54 Å². The van der Waals surface area contributed by atoms with Gasteiger partial charge in [0.15, 0.2) is 11.2 Å². The Morgan fingerprint density at radius 3 is 2.86 bits per heavy atom. The number of nitrogens with zero attached hydrogens (tertiary/aromatic N) is 5. The summed E-state index contributed by atoms with van der Waals surface area (Å²) in [6.45, 7) is 3.78. The quantitative estimate of drug-likeness (QED) is 0.695. The molecule has 3 aromatic rings. The van der Waals surface area contributed by atoms with Crippen LogP contribution in [-0.4, -0.2) is 62.6 Å². The van der Waals surface area contributed by atoms with Crippen LogP contribution >= 0.6 is 0 Å². The number of fused-ring (bicyclic) bond motifs is 1. The molecule has 0 bridgehead atoms. The monoisotopic (exact) mass is 396 g/mol. The summed E-state index contributed by atoms with van der Waals surface area (Å²) in [6, 6.07) is 8.12. The van der Waals surface area contributed by atoms with Crippen molar-refractivity contribution in [2.24, 2.45) is 0 Å². The maximum atomic E-state index is 12.6. The molecule has 9 nitrogen and oxygen atoms in total. The SMILES string of the molecule is COCC(=O)N1CCCC(c2nc3c(nnn3Cc3ccc(C)cc3)c(=O)[nH]2)C1. The van der Waals surface area contributed by atoms with Crippen molar-refractivity contribution in [1.82, 2.24) is 29.9 Å². The maximum Gasteiger partial charge on any atom is 0.281 e. The summed E-state index contributed by atoms with van der Waals surface area (Å²) >= 11 is 0. The van der Waals surface area contributed by atoms with Crippen molar-refractivity contribution in [3.8, 4) is 0 Å². The highest BCUT2D eigenvalue weighted by Crippen LogP contribution is 2.24. The van der Waals surface area contributed by atoms with Gasteiger partial charge in [-0.1, -0.05) is 35.0 Å². The van der Waals surface area contributed by atoms with Crippen LogP contribution in [0.4, 0.5) is 0 Å². The Bertz CT molecular complexity index is 1070. The first-order valence-electron chi connectivity index (χ1n) is 9.71. The van der Waals surface area contributed by atoms with E-state index in [-0.39, 0.29) is 29.5 Å². The summed E-state index contributed by atoms with van der Waals surface area (Å²) in [5.41, 5.74) is 2.62. The summed E-state index contributed by atoms with van der Waals surface area (Å²) in [4.78, 5) is 34.0. The lowest BCUT2D eigenvalue weighted by atomic mass is 9.97. The number of hydrogen-bond acceptors (Lipinski definition) is 6. The highest BCUT2D eigenvalue weighted by molar-refractivity contribution is 5.77. The van der Waals surface area contributed by atoms with Gasteiger partial charge in [0.25, 0.3) is 5.56 Å². The molecule has 0 radical (unpaired) electrons. The molecule has 1 fully saturated rings. The van der Waals surface area contributed by atoms with Crippen molar-refractivity contribution in [3.63, 3.8) is 0 Å². The lowest BCUT2D eigenvalue weighted by molar-refractivity contribution is -0.136. The lowest BCUT2D eigenvalue weighted by Crippen LogP contribution is -2.41. The van der Waals surface area contributed by atoms with Gasteiger partial charge in [-0.15, -0.1) is 5.10 Å². The van der Waals surface area contributed by atoms with Crippen molar-refractivity contribution in [3.05, 3.63) is 51.6 Å². The molecule has 1 saturated heterocycles. The molecule has 1 atom stereocenters. The number of aromatic nitrogens is 5. The Labute approximate surface area is 167 Å². The van der Waals surface area contributed by atoms with Gasteiger partial charge in [-0.3, -0.25) is 9.59 Å². The maximum absolute atomic E-state index is 12.6.